The van der Waals surface area contributed by atoms with Crippen LogP contribution in [0.3, 0.4) is 0 Å². The number of benzene rings is 1. The van der Waals surface area contributed by atoms with Crippen molar-refractivity contribution in [2.45, 2.75) is 31.9 Å². The summed E-state index contributed by atoms with van der Waals surface area (Å²) in [7, 11) is -3.40. The van der Waals surface area contributed by atoms with Crippen LogP contribution in [0.5, 0.6) is 17.2 Å². The number of aromatic amines is 1. The molecule has 0 aliphatic rings. The number of hydrogen-bond acceptors (Lipinski definition) is 7. The molecule has 0 aliphatic heterocycles. The highest BCUT2D eigenvalue weighted by molar-refractivity contribution is 7.91. The Morgan fingerprint density at radius 1 is 1.13 bits per heavy atom. The van der Waals surface area contributed by atoms with Crippen molar-refractivity contribution in [3.63, 3.8) is 0 Å². The SMILES string of the molecule is CCS(=O)(=O)c1ccc(Oc2cc(OC(C)C)cc(C(=O)Nc3cc[nH]n3)c2)cn1. The van der Waals surface area contributed by atoms with Crippen LogP contribution in [0.25, 0.3) is 0 Å². The van der Waals surface area contributed by atoms with Gasteiger partial charge >= 0.3 is 0 Å². The molecule has 10 heteroatoms. The van der Waals surface area contributed by atoms with Crippen molar-refractivity contribution in [1.29, 1.82) is 0 Å². The van der Waals surface area contributed by atoms with Gasteiger partial charge in [0.05, 0.1) is 18.1 Å². The molecule has 3 aromatic rings. The molecule has 0 unspecified atom stereocenters. The second-order valence-corrected chi connectivity index (χ2v) is 8.84. The first-order valence-corrected chi connectivity index (χ1v) is 10.9. The van der Waals surface area contributed by atoms with E-state index in [1.807, 2.05) is 13.8 Å². The predicted octanol–water partition coefficient (Wildman–Crippen LogP) is 3.43. The third-order valence-electron chi connectivity index (χ3n) is 3.90. The largest absolute Gasteiger partial charge is 0.491 e. The molecule has 0 aliphatic carbocycles. The van der Waals surface area contributed by atoms with Gasteiger partial charge < -0.3 is 14.8 Å². The lowest BCUT2D eigenvalue weighted by Crippen LogP contribution is -2.13. The average Bonchev–Trinajstić information content (AvgIpc) is 3.20. The Labute approximate surface area is 174 Å². The van der Waals surface area contributed by atoms with E-state index in [0.717, 1.165) is 0 Å². The zero-order valence-corrected chi connectivity index (χ0v) is 17.6. The molecule has 0 radical (unpaired) electrons. The number of carbonyl (C=O) groups excluding carboxylic acids is 1. The smallest absolute Gasteiger partial charge is 0.257 e. The molecule has 2 aromatic heterocycles. The summed E-state index contributed by atoms with van der Waals surface area (Å²) in [5, 5.41) is 9.17. The summed E-state index contributed by atoms with van der Waals surface area (Å²) in [6, 6.07) is 9.31. The summed E-state index contributed by atoms with van der Waals surface area (Å²) in [6.45, 7) is 5.29. The first kappa shape index (κ1) is 21.3. The minimum absolute atomic E-state index is 0.0201. The number of anilines is 1. The number of H-pyrrole nitrogens is 1. The Kier molecular flexibility index (Phi) is 6.36. The molecule has 0 atom stereocenters. The highest BCUT2D eigenvalue weighted by Gasteiger charge is 2.15. The molecule has 1 amide bonds. The number of ether oxygens (including phenoxy) is 2. The molecule has 30 heavy (non-hydrogen) atoms. The summed E-state index contributed by atoms with van der Waals surface area (Å²) >= 11 is 0. The number of carbonyl (C=O) groups is 1. The Morgan fingerprint density at radius 2 is 1.90 bits per heavy atom. The van der Waals surface area contributed by atoms with Crippen molar-refractivity contribution in [2.24, 2.45) is 0 Å². The van der Waals surface area contributed by atoms with Crippen LogP contribution in [-0.2, 0) is 9.84 Å². The third-order valence-corrected chi connectivity index (χ3v) is 5.54. The summed E-state index contributed by atoms with van der Waals surface area (Å²) in [5.41, 5.74) is 0.310. The van der Waals surface area contributed by atoms with Crippen molar-refractivity contribution >= 4 is 21.6 Å². The average molecular weight is 430 g/mol. The third kappa shape index (κ3) is 5.35. The Bertz CT molecular complexity index is 1110. The molecule has 1 aromatic carbocycles. The molecule has 0 spiro atoms. The summed E-state index contributed by atoms with van der Waals surface area (Å²) in [6.07, 6.45) is 2.81. The van der Waals surface area contributed by atoms with Gasteiger partial charge in [0.15, 0.2) is 20.7 Å². The van der Waals surface area contributed by atoms with E-state index in [4.69, 9.17) is 9.47 Å². The highest BCUT2D eigenvalue weighted by Crippen LogP contribution is 2.28. The van der Waals surface area contributed by atoms with Gasteiger partial charge in [-0.25, -0.2) is 13.4 Å². The molecule has 0 saturated carbocycles. The zero-order chi connectivity index (χ0) is 21.7. The van der Waals surface area contributed by atoms with Gasteiger partial charge in [-0.3, -0.25) is 9.89 Å². The van der Waals surface area contributed by atoms with E-state index >= 15 is 0 Å². The lowest BCUT2D eigenvalue weighted by molar-refractivity contribution is 0.102. The van der Waals surface area contributed by atoms with Gasteiger partial charge in [0.2, 0.25) is 0 Å². The van der Waals surface area contributed by atoms with Gasteiger partial charge in [-0.2, -0.15) is 5.10 Å². The maximum absolute atomic E-state index is 12.6. The molecular weight excluding hydrogens is 408 g/mol. The predicted molar refractivity (Wildman–Crippen MR) is 111 cm³/mol. The number of rotatable bonds is 8. The first-order valence-electron chi connectivity index (χ1n) is 9.26. The molecule has 158 valence electrons. The maximum atomic E-state index is 12.6. The number of sulfone groups is 1. The van der Waals surface area contributed by atoms with Crippen LogP contribution < -0.4 is 14.8 Å². The molecule has 3 rings (SSSR count). The van der Waals surface area contributed by atoms with Gasteiger partial charge in [-0.15, -0.1) is 0 Å². The Balaban J connectivity index is 1.86. The number of pyridine rings is 1. The van der Waals surface area contributed by atoms with E-state index in [1.54, 1.807) is 37.4 Å². The van der Waals surface area contributed by atoms with Crippen molar-refractivity contribution in [1.82, 2.24) is 15.2 Å². The monoisotopic (exact) mass is 430 g/mol. The molecule has 0 fully saturated rings. The van der Waals surface area contributed by atoms with Crippen molar-refractivity contribution in [2.75, 3.05) is 11.1 Å². The van der Waals surface area contributed by atoms with Crippen LogP contribution in [0.15, 0.2) is 53.8 Å². The summed E-state index contributed by atoms with van der Waals surface area (Å²) in [5.74, 6) is 1.08. The van der Waals surface area contributed by atoms with Crippen LogP contribution in [0.4, 0.5) is 5.82 Å². The Morgan fingerprint density at radius 3 is 2.50 bits per heavy atom. The molecular formula is C20H22N4O5S. The highest BCUT2D eigenvalue weighted by atomic mass is 32.2. The number of nitrogens with zero attached hydrogens (tertiary/aromatic N) is 2. The van der Waals surface area contributed by atoms with Gasteiger partial charge in [0.25, 0.3) is 5.91 Å². The van der Waals surface area contributed by atoms with Crippen LogP contribution in [0.2, 0.25) is 0 Å². The number of nitrogens with one attached hydrogen (secondary N) is 2. The van der Waals surface area contributed by atoms with E-state index < -0.39 is 9.84 Å². The number of aromatic nitrogens is 3. The van der Waals surface area contributed by atoms with E-state index in [1.165, 1.54) is 18.3 Å². The van der Waals surface area contributed by atoms with Crippen molar-refractivity contribution < 1.29 is 22.7 Å². The molecule has 0 bridgehead atoms. The minimum Gasteiger partial charge on any atom is -0.491 e. The quantitative estimate of drug-likeness (QED) is 0.561. The molecule has 2 N–H and O–H groups in total. The molecule has 0 saturated heterocycles. The standard InChI is InChI=1S/C20H22N4O5S/c1-4-30(26,27)19-6-5-15(12-21-19)29-17-10-14(9-16(11-17)28-13(2)3)20(25)23-18-7-8-22-24-18/h5-13H,4H2,1-3H3,(H2,22,23,24,25). The summed E-state index contributed by atoms with van der Waals surface area (Å²) in [4.78, 5) is 16.5. The van der Waals surface area contributed by atoms with E-state index in [0.29, 0.717) is 28.6 Å². The van der Waals surface area contributed by atoms with E-state index in [2.05, 4.69) is 20.5 Å². The second-order valence-electron chi connectivity index (χ2n) is 6.61. The van der Waals surface area contributed by atoms with Crippen LogP contribution in [0, 0.1) is 0 Å². The Hall–Kier alpha value is -3.40. The zero-order valence-electron chi connectivity index (χ0n) is 16.7. The van der Waals surface area contributed by atoms with Gasteiger partial charge in [0, 0.05) is 23.9 Å². The van der Waals surface area contributed by atoms with Gasteiger partial charge in [0.1, 0.15) is 17.2 Å². The topological polar surface area (TPSA) is 123 Å². The number of amides is 1. The van der Waals surface area contributed by atoms with Crippen LogP contribution in [-0.4, -0.2) is 41.4 Å². The van der Waals surface area contributed by atoms with Crippen molar-refractivity contribution in [3.05, 3.63) is 54.4 Å². The fourth-order valence-corrected chi connectivity index (χ4v) is 3.30. The van der Waals surface area contributed by atoms with Crippen LogP contribution >= 0.6 is 0 Å². The molecule has 2 heterocycles. The molecule has 9 nitrogen and oxygen atoms in total. The lowest BCUT2D eigenvalue weighted by Gasteiger charge is -2.14. The van der Waals surface area contributed by atoms with Gasteiger partial charge in [-0.1, -0.05) is 6.92 Å². The van der Waals surface area contributed by atoms with Crippen LogP contribution in [0.1, 0.15) is 31.1 Å². The summed E-state index contributed by atoms with van der Waals surface area (Å²) < 4.78 is 35.3. The fourth-order valence-electron chi connectivity index (χ4n) is 2.52. The number of hydrogen-bond donors (Lipinski definition) is 2. The normalized spacial score (nSPS) is 11.3. The van der Waals surface area contributed by atoms with E-state index in [-0.39, 0.29) is 22.8 Å². The maximum Gasteiger partial charge on any atom is 0.257 e. The first-order chi connectivity index (χ1) is 14.3. The van der Waals surface area contributed by atoms with Gasteiger partial charge in [-0.05, 0) is 38.1 Å². The van der Waals surface area contributed by atoms with Crippen molar-refractivity contribution in [3.8, 4) is 17.2 Å². The minimum atomic E-state index is -3.40. The second kappa shape index (κ2) is 8.95. The lowest BCUT2D eigenvalue weighted by atomic mass is 10.2. The van der Waals surface area contributed by atoms with E-state index in [9.17, 15) is 13.2 Å². The fraction of sp³-hybridized carbons (Fsp3) is 0.250.